The van der Waals surface area contributed by atoms with Crippen molar-refractivity contribution in [2.45, 2.75) is 18.2 Å². The summed E-state index contributed by atoms with van der Waals surface area (Å²) < 4.78 is 0. The predicted octanol–water partition coefficient (Wildman–Crippen LogP) is 3.24. The fourth-order valence-electron chi connectivity index (χ4n) is 3.16. The van der Waals surface area contributed by atoms with Crippen LogP contribution in [-0.2, 0) is 11.2 Å². The largest absolute Gasteiger partial charge is 0.339 e. The number of aryl methyl sites for hydroxylation is 1. The van der Waals surface area contributed by atoms with Crippen molar-refractivity contribution < 1.29 is 9.59 Å². The molecule has 1 aliphatic heterocycles. The lowest BCUT2D eigenvalue weighted by atomic mass is 10.1. The minimum atomic E-state index is 0.0451. The molecule has 1 aliphatic rings. The van der Waals surface area contributed by atoms with Gasteiger partial charge in [-0.15, -0.1) is 11.8 Å². The fourth-order valence-corrected chi connectivity index (χ4v) is 3.57. The second-order valence-corrected chi connectivity index (χ2v) is 7.38. The third kappa shape index (κ3) is 4.28. The van der Waals surface area contributed by atoms with Crippen LogP contribution >= 0.6 is 11.8 Å². The molecular formula is C21H24N2O2S. The first-order valence-electron chi connectivity index (χ1n) is 8.84. The summed E-state index contributed by atoms with van der Waals surface area (Å²) >= 11 is 1.66. The number of hydrogen-bond acceptors (Lipinski definition) is 3. The zero-order chi connectivity index (χ0) is 18.5. The van der Waals surface area contributed by atoms with Gasteiger partial charge in [-0.3, -0.25) is 9.59 Å². The molecule has 2 aromatic rings. The number of amides is 2. The van der Waals surface area contributed by atoms with Crippen molar-refractivity contribution in [2.24, 2.45) is 0 Å². The second-order valence-electron chi connectivity index (χ2n) is 6.50. The van der Waals surface area contributed by atoms with Crippen LogP contribution in [0.5, 0.6) is 0 Å². The Balaban J connectivity index is 1.55. The lowest BCUT2D eigenvalue weighted by Gasteiger charge is -2.35. The lowest BCUT2D eigenvalue weighted by Crippen LogP contribution is -2.51. The van der Waals surface area contributed by atoms with Crippen molar-refractivity contribution in [1.29, 1.82) is 0 Å². The van der Waals surface area contributed by atoms with Crippen molar-refractivity contribution in [3.63, 3.8) is 0 Å². The molecule has 136 valence electrons. The first-order valence-corrected chi connectivity index (χ1v) is 10.1. The molecule has 0 aromatic heterocycles. The van der Waals surface area contributed by atoms with E-state index < -0.39 is 0 Å². The van der Waals surface area contributed by atoms with Gasteiger partial charge in [-0.1, -0.05) is 24.3 Å². The highest BCUT2D eigenvalue weighted by atomic mass is 32.2. The average molecular weight is 369 g/mol. The van der Waals surface area contributed by atoms with E-state index in [4.69, 9.17) is 0 Å². The zero-order valence-electron chi connectivity index (χ0n) is 15.3. The van der Waals surface area contributed by atoms with Crippen molar-refractivity contribution in [2.75, 3.05) is 32.4 Å². The third-order valence-corrected chi connectivity index (χ3v) is 5.60. The molecule has 0 N–H and O–H groups in total. The number of benzene rings is 2. The Morgan fingerprint density at radius 3 is 2.15 bits per heavy atom. The summed E-state index contributed by atoms with van der Waals surface area (Å²) in [7, 11) is 0. The van der Waals surface area contributed by atoms with E-state index in [2.05, 4.69) is 0 Å². The summed E-state index contributed by atoms with van der Waals surface area (Å²) in [5.41, 5.74) is 2.93. The van der Waals surface area contributed by atoms with Gasteiger partial charge in [0.05, 0.1) is 6.42 Å². The summed E-state index contributed by atoms with van der Waals surface area (Å²) in [4.78, 5) is 30.0. The van der Waals surface area contributed by atoms with E-state index in [0.29, 0.717) is 38.2 Å². The van der Waals surface area contributed by atoms with Gasteiger partial charge in [0.25, 0.3) is 5.91 Å². The van der Waals surface area contributed by atoms with Crippen LogP contribution in [0.4, 0.5) is 0 Å². The Labute approximate surface area is 159 Å². The minimum absolute atomic E-state index is 0.0451. The van der Waals surface area contributed by atoms with E-state index in [0.717, 1.165) is 16.0 Å². The van der Waals surface area contributed by atoms with E-state index >= 15 is 0 Å². The molecule has 4 nitrogen and oxygen atoms in total. The second kappa shape index (κ2) is 8.41. The van der Waals surface area contributed by atoms with E-state index in [1.807, 2.05) is 71.5 Å². The van der Waals surface area contributed by atoms with Crippen LogP contribution in [0.1, 0.15) is 21.5 Å². The van der Waals surface area contributed by atoms with Gasteiger partial charge in [-0.2, -0.15) is 0 Å². The van der Waals surface area contributed by atoms with Gasteiger partial charge in [0.15, 0.2) is 0 Å². The summed E-state index contributed by atoms with van der Waals surface area (Å²) in [6.45, 7) is 4.39. The van der Waals surface area contributed by atoms with Crippen molar-refractivity contribution in [1.82, 2.24) is 9.80 Å². The monoisotopic (exact) mass is 368 g/mol. The first-order chi connectivity index (χ1) is 12.6. The van der Waals surface area contributed by atoms with Gasteiger partial charge >= 0.3 is 0 Å². The summed E-state index contributed by atoms with van der Waals surface area (Å²) in [6, 6.07) is 15.7. The predicted molar refractivity (Wildman–Crippen MR) is 106 cm³/mol. The molecule has 0 spiro atoms. The smallest absolute Gasteiger partial charge is 0.253 e. The van der Waals surface area contributed by atoms with E-state index in [9.17, 15) is 9.59 Å². The molecule has 0 bridgehead atoms. The van der Waals surface area contributed by atoms with Gasteiger partial charge in [0.2, 0.25) is 5.91 Å². The molecule has 1 saturated heterocycles. The maximum absolute atomic E-state index is 12.6. The molecule has 0 saturated carbocycles. The molecule has 0 unspecified atom stereocenters. The van der Waals surface area contributed by atoms with Gasteiger partial charge in [-0.25, -0.2) is 0 Å². The number of piperazine rings is 1. The third-order valence-electron chi connectivity index (χ3n) is 4.86. The first kappa shape index (κ1) is 18.5. The molecule has 0 radical (unpaired) electrons. The molecule has 3 rings (SSSR count). The van der Waals surface area contributed by atoms with Crippen molar-refractivity contribution in [3.05, 3.63) is 65.2 Å². The topological polar surface area (TPSA) is 40.6 Å². The quantitative estimate of drug-likeness (QED) is 0.778. The SMILES string of the molecule is CSc1ccc(C(=O)N2CCN(C(=O)Cc3ccccc3C)CC2)cc1. The fraction of sp³-hybridized carbons (Fsp3) is 0.333. The highest BCUT2D eigenvalue weighted by molar-refractivity contribution is 7.98. The molecule has 1 heterocycles. The van der Waals surface area contributed by atoms with Gasteiger partial charge < -0.3 is 9.80 Å². The maximum Gasteiger partial charge on any atom is 0.253 e. The molecule has 26 heavy (non-hydrogen) atoms. The summed E-state index contributed by atoms with van der Waals surface area (Å²) in [5, 5.41) is 0. The Bertz CT molecular complexity index is 781. The standard InChI is InChI=1S/C21H24N2O2S/c1-16-5-3-4-6-18(16)15-20(24)22-11-13-23(14-12-22)21(25)17-7-9-19(26-2)10-8-17/h3-10H,11-15H2,1-2H3. The number of nitrogens with zero attached hydrogens (tertiary/aromatic N) is 2. The van der Waals surface area contributed by atoms with Crippen molar-refractivity contribution >= 4 is 23.6 Å². The van der Waals surface area contributed by atoms with Crippen LogP contribution in [0.2, 0.25) is 0 Å². The van der Waals surface area contributed by atoms with E-state index in [1.54, 1.807) is 11.8 Å². The molecule has 2 amide bonds. The van der Waals surface area contributed by atoms with E-state index in [-0.39, 0.29) is 11.8 Å². The summed E-state index contributed by atoms with van der Waals surface area (Å²) in [5.74, 6) is 0.180. The maximum atomic E-state index is 12.6. The van der Waals surface area contributed by atoms with Crippen LogP contribution in [0.15, 0.2) is 53.4 Å². The Morgan fingerprint density at radius 1 is 0.923 bits per heavy atom. The zero-order valence-corrected chi connectivity index (χ0v) is 16.1. The van der Waals surface area contributed by atoms with Gasteiger partial charge in [-0.05, 0) is 48.6 Å². The molecule has 0 aliphatic carbocycles. The van der Waals surface area contributed by atoms with Crippen LogP contribution in [-0.4, -0.2) is 54.0 Å². The minimum Gasteiger partial charge on any atom is -0.339 e. The summed E-state index contributed by atoms with van der Waals surface area (Å²) in [6.07, 6.45) is 2.45. The highest BCUT2D eigenvalue weighted by Crippen LogP contribution is 2.17. The number of thioether (sulfide) groups is 1. The number of carbonyl (C=O) groups is 2. The molecule has 2 aromatic carbocycles. The Kier molecular flexibility index (Phi) is 5.99. The molecule has 0 atom stereocenters. The lowest BCUT2D eigenvalue weighted by molar-refractivity contribution is -0.131. The van der Waals surface area contributed by atoms with Crippen LogP contribution in [0.3, 0.4) is 0 Å². The highest BCUT2D eigenvalue weighted by Gasteiger charge is 2.25. The van der Waals surface area contributed by atoms with Crippen LogP contribution in [0.25, 0.3) is 0 Å². The Morgan fingerprint density at radius 2 is 1.54 bits per heavy atom. The van der Waals surface area contributed by atoms with Gasteiger partial charge in [0.1, 0.15) is 0 Å². The number of carbonyl (C=O) groups excluding carboxylic acids is 2. The molecular weight excluding hydrogens is 344 g/mol. The van der Waals surface area contributed by atoms with E-state index in [1.165, 1.54) is 0 Å². The van der Waals surface area contributed by atoms with Gasteiger partial charge in [0, 0.05) is 36.6 Å². The van der Waals surface area contributed by atoms with Crippen LogP contribution < -0.4 is 0 Å². The molecule has 1 fully saturated rings. The van der Waals surface area contributed by atoms with Crippen molar-refractivity contribution in [3.8, 4) is 0 Å². The average Bonchev–Trinajstić information content (AvgIpc) is 2.69. The number of hydrogen-bond donors (Lipinski definition) is 0. The Hall–Kier alpha value is -2.27. The number of rotatable bonds is 4. The normalized spacial score (nSPS) is 14.4. The molecule has 5 heteroatoms. The van der Waals surface area contributed by atoms with Crippen LogP contribution in [0, 0.1) is 6.92 Å².